The summed E-state index contributed by atoms with van der Waals surface area (Å²) in [5.74, 6) is 0.442. The zero-order valence-electron chi connectivity index (χ0n) is 16.7. The Balaban J connectivity index is 1.73. The van der Waals surface area contributed by atoms with Gasteiger partial charge in [0.25, 0.3) is 0 Å². The van der Waals surface area contributed by atoms with Crippen molar-refractivity contribution in [3.8, 4) is 11.3 Å². The Morgan fingerprint density at radius 2 is 1.72 bits per heavy atom. The third kappa shape index (κ3) is 2.88. The van der Waals surface area contributed by atoms with Gasteiger partial charge in [-0.3, -0.25) is 14.8 Å². The number of aliphatic hydroxyl groups is 1. The van der Waals surface area contributed by atoms with Gasteiger partial charge >= 0.3 is 0 Å². The first-order valence-electron chi connectivity index (χ1n) is 10.1. The summed E-state index contributed by atoms with van der Waals surface area (Å²) >= 11 is 0. The minimum atomic E-state index is -1.24. The van der Waals surface area contributed by atoms with Crippen molar-refractivity contribution in [1.29, 1.82) is 0 Å². The van der Waals surface area contributed by atoms with E-state index >= 15 is 0 Å². The second-order valence-electron chi connectivity index (χ2n) is 9.10. The molecule has 0 bridgehead atoms. The van der Waals surface area contributed by atoms with Crippen LogP contribution in [0.3, 0.4) is 0 Å². The summed E-state index contributed by atoms with van der Waals surface area (Å²) in [5, 5.41) is 19.4. The molecule has 0 spiro atoms. The van der Waals surface area contributed by atoms with Crippen LogP contribution in [0.1, 0.15) is 50.2 Å². The van der Waals surface area contributed by atoms with Crippen LogP contribution in [0.2, 0.25) is 0 Å². The standard InChI is InChI=1S/C24H25N3O2/c1-23(2)14-19(28)27-22-20(21(25-26-22)17-11-7-4-8-12-17)18(13-24(27,29)15-23)16-9-5-3-6-10-16/h3-12,18,29H,13-15H2,1-2H3,(H,25,26)/t18-,24-/m0/s1. The van der Waals surface area contributed by atoms with Gasteiger partial charge < -0.3 is 5.11 Å². The van der Waals surface area contributed by atoms with Gasteiger partial charge in [0.1, 0.15) is 5.72 Å². The molecular weight excluding hydrogens is 362 g/mol. The lowest BCUT2D eigenvalue weighted by atomic mass is 9.70. The number of carbonyl (C=O) groups excluding carboxylic acids is 1. The van der Waals surface area contributed by atoms with E-state index in [9.17, 15) is 9.90 Å². The predicted octanol–water partition coefficient (Wildman–Crippen LogP) is 4.45. The molecule has 0 aliphatic carbocycles. The average Bonchev–Trinajstić information content (AvgIpc) is 3.11. The van der Waals surface area contributed by atoms with Gasteiger partial charge in [0.15, 0.2) is 5.82 Å². The van der Waals surface area contributed by atoms with Crippen LogP contribution in [0, 0.1) is 5.41 Å². The third-order valence-electron chi connectivity index (χ3n) is 6.20. The van der Waals surface area contributed by atoms with Gasteiger partial charge in [-0.2, -0.15) is 5.10 Å². The fourth-order valence-electron chi connectivity index (χ4n) is 5.17. The van der Waals surface area contributed by atoms with E-state index in [1.807, 2.05) is 62.4 Å². The molecule has 2 aromatic carbocycles. The van der Waals surface area contributed by atoms with Crippen molar-refractivity contribution in [2.75, 3.05) is 4.90 Å². The number of carbonyl (C=O) groups is 1. The Morgan fingerprint density at radius 1 is 1.07 bits per heavy atom. The minimum absolute atomic E-state index is 0.0527. The number of rotatable bonds is 2. The van der Waals surface area contributed by atoms with Crippen molar-refractivity contribution >= 4 is 11.7 Å². The minimum Gasteiger partial charge on any atom is -0.370 e. The Hall–Kier alpha value is -2.92. The Bertz CT molecular complexity index is 1060. The maximum atomic E-state index is 13.1. The maximum absolute atomic E-state index is 13.1. The fraction of sp³-hybridized carbons (Fsp3) is 0.333. The number of amides is 1. The van der Waals surface area contributed by atoms with Crippen LogP contribution < -0.4 is 4.90 Å². The van der Waals surface area contributed by atoms with E-state index in [4.69, 9.17) is 0 Å². The number of aromatic nitrogens is 2. The highest BCUT2D eigenvalue weighted by atomic mass is 16.3. The van der Waals surface area contributed by atoms with Crippen molar-refractivity contribution in [1.82, 2.24) is 10.2 Å². The summed E-state index contributed by atoms with van der Waals surface area (Å²) in [6, 6.07) is 20.3. The molecule has 5 heteroatoms. The van der Waals surface area contributed by atoms with Gasteiger partial charge in [-0.15, -0.1) is 0 Å². The van der Waals surface area contributed by atoms with E-state index in [0.717, 1.165) is 22.4 Å². The molecule has 29 heavy (non-hydrogen) atoms. The van der Waals surface area contributed by atoms with Crippen LogP contribution in [-0.4, -0.2) is 26.9 Å². The first-order valence-corrected chi connectivity index (χ1v) is 10.1. The second-order valence-corrected chi connectivity index (χ2v) is 9.10. The summed E-state index contributed by atoms with van der Waals surface area (Å²) in [4.78, 5) is 14.7. The topological polar surface area (TPSA) is 69.2 Å². The van der Waals surface area contributed by atoms with Gasteiger partial charge in [0.2, 0.25) is 5.91 Å². The third-order valence-corrected chi connectivity index (χ3v) is 6.20. The van der Waals surface area contributed by atoms with E-state index in [1.165, 1.54) is 0 Å². The molecule has 1 fully saturated rings. The normalized spacial score (nSPS) is 25.4. The summed E-state index contributed by atoms with van der Waals surface area (Å²) in [6.07, 6.45) is 1.39. The van der Waals surface area contributed by atoms with E-state index in [0.29, 0.717) is 25.1 Å². The molecule has 2 aliphatic rings. The molecule has 0 saturated carbocycles. The Morgan fingerprint density at radius 3 is 2.41 bits per heavy atom. The first kappa shape index (κ1) is 18.1. The number of anilines is 1. The van der Waals surface area contributed by atoms with Crippen LogP contribution in [0.15, 0.2) is 60.7 Å². The molecule has 0 radical (unpaired) electrons. The van der Waals surface area contributed by atoms with E-state index in [2.05, 4.69) is 22.3 Å². The molecule has 1 amide bonds. The van der Waals surface area contributed by atoms with Crippen molar-refractivity contribution in [2.24, 2.45) is 5.41 Å². The molecule has 1 saturated heterocycles. The van der Waals surface area contributed by atoms with E-state index in [1.54, 1.807) is 4.90 Å². The van der Waals surface area contributed by atoms with Crippen molar-refractivity contribution in [2.45, 2.75) is 44.8 Å². The highest BCUT2D eigenvalue weighted by molar-refractivity contribution is 5.97. The highest BCUT2D eigenvalue weighted by Gasteiger charge is 2.55. The SMILES string of the molecule is CC1(C)CC(=O)N2c3n[nH]c(-c4ccccc4)c3[C@H](c3ccccc3)C[C@]2(O)C1. The number of nitrogens with one attached hydrogen (secondary N) is 1. The van der Waals surface area contributed by atoms with Gasteiger partial charge in [-0.1, -0.05) is 74.5 Å². The lowest BCUT2D eigenvalue weighted by Crippen LogP contribution is -2.61. The number of benzene rings is 2. The molecule has 3 aromatic rings. The molecule has 5 nitrogen and oxygen atoms in total. The van der Waals surface area contributed by atoms with Gasteiger partial charge in [0, 0.05) is 30.7 Å². The number of aromatic amines is 1. The molecule has 2 atom stereocenters. The first-order chi connectivity index (χ1) is 13.9. The summed E-state index contributed by atoms with van der Waals surface area (Å²) < 4.78 is 0. The number of fused-ring (bicyclic) bond motifs is 3. The largest absolute Gasteiger partial charge is 0.370 e. The number of hydrogen-bond acceptors (Lipinski definition) is 3. The molecule has 2 aliphatic heterocycles. The van der Waals surface area contributed by atoms with Crippen molar-refractivity contribution in [3.05, 3.63) is 71.8 Å². The highest BCUT2D eigenvalue weighted by Crippen LogP contribution is 2.54. The molecule has 1 aromatic heterocycles. The van der Waals surface area contributed by atoms with Crippen LogP contribution in [0.5, 0.6) is 0 Å². The quantitative estimate of drug-likeness (QED) is 0.682. The number of piperidine rings is 1. The molecule has 3 heterocycles. The smallest absolute Gasteiger partial charge is 0.231 e. The monoisotopic (exact) mass is 387 g/mol. The van der Waals surface area contributed by atoms with Crippen LogP contribution in [-0.2, 0) is 4.79 Å². The molecule has 148 valence electrons. The number of hydrogen-bond donors (Lipinski definition) is 2. The summed E-state index contributed by atoms with van der Waals surface area (Å²) in [5.41, 5.74) is 2.55. The summed E-state index contributed by atoms with van der Waals surface area (Å²) in [7, 11) is 0. The lowest BCUT2D eigenvalue weighted by Gasteiger charge is -2.52. The summed E-state index contributed by atoms with van der Waals surface area (Å²) in [6.45, 7) is 4.10. The Labute approximate surface area is 170 Å². The van der Waals surface area contributed by atoms with E-state index < -0.39 is 5.72 Å². The molecule has 5 rings (SSSR count). The van der Waals surface area contributed by atoms with Crippen molar-refractivity contribution in [3.63, 3.8) is 0 Å². The van der Waals surface area contributed by atoms with Crippen LogP contribution in [0.25, 0.3) is 11.3 Å². The fourth-order valence-corrected chi connectivity index (χ4v) is 5.17. The van der Waals surface area contributed by atoms with E-state index in [-0.39, 0.29) is 17.2 Å². The van der Waals surface area contributed by atoms with Gasteiger partial charge in [-0.05, 0) is 16.5 Å². The molecular formula is C24H25N3O2. The average molecular weight is 387 g/mol. The van der Waals surface area contributed by atoms with Crippen LogP contribution in [0.4, 0.5) is 5.82 Å². The van der Waals surface area contributed by atoms with Crippen LogP contribution >= 0.6 is 0 Å². The maximum Gasteiger partial charge on any atom is 0.231 e. The second kappa shape index (κ2) is 6.29. The van der Waals surface area contributed by atoms with Gasteiger partial charge in [-0.25, -0.2) is 0 Å². The van der Waals surface area contributed by atoms with Crippen molar-refractivity contribution < 1.29 is 9.90 Å². The predicted molar refractivity (Wildman–Crippen MR) is 112 cm³/mol. The Kier molecular flexibility index (Phi) is 3.93. The zero-order chi connectivity index (χ0) is 20.2. The molecule has 0 unspecified atom stereocenters. The lowest BCUT2D eigenvalue weighted by molar-refractivity contribution is -0.135. The molecule has 2 N–H and O–H groups in total. The zero-order valence-corrected chi connectivity index (χ0v) is 16.7. The number of H-pyrrole nitrogens is 1. The number of nitrogens with zero attached hydrogens (tertiary/aromatic N) is 2. The van der Waals surface area contributed by atoms with Gasteiger partial charge in [0.05, 0.1) is 5.69 Å².